The van der Waals surface area contributed by atoms with Gasteiger partial charge in [0.25, 0.3) is 0 Å². The molecule has 0 spiro atoms. The van der Waals surface area contributed by atoms with Crippen LogP contribution < -0.4 is 4.90 Å². The topological polar surface area (TPSA) is 16.1 Å². The van der Waals surface area contributed by atoms with Gasteiger partial charge in [-0.05, 0) is 43.9 Å². The first-order valence-electron chi connectivity index (χ1n) is 6.99. The lowest BCUT2D eigenvalue weighted by molar-refractivity contribution is 0.399. The molecule has 3 rings (SSSR count). The van der Waals surface area contributed by atoms with Gasteiger partial charge in [-0.25, -0.2) is 4.98 Å². The third-order valence-electron chi connectivity index (χ3n) is 4.10. The number of pyridine rings is 1. The van der Waals surface area contributed by atoms with E-state index < -0.39 is 0 Å². The summed E-state index contributed by atoms with van der Waals surface area (Å²) >= 11 is 6.19. The molecule has 1 aliphatic rings. The van der Waals surface area contributed by atoms with Crippen molar-refractivity contribution in [1.82, 2.24) is 4.98 Å². The quantitative estimate of drug-likeness (QED) is 0.767. The van der Waals surface area contributed by atoms with Gasteiger partial charge >= 0.3 is 0 Å². The number of fused-ring (bicyclic) bond motifs is 1. The number of para-hydroxylation sites is 1. The van der Waals surface area contributed by atoms with E-state index in [1.165, 1.54) is 18.2 Å². The zero-order valence-corrected chi connectivity index (χ0v) is 12.0. The first-order chi connectivity index (χ1) is 9.24. The third-order valence-corrected chi connectivity index (χ3v) is 4.45. The lowest BCUT2D eigenvalue weighted by Gasteiger charge is -2.34. The summed E-state index contributed by atoms with van der Waals surface area (Å²) < 4.78 is 0. The maximum atomic E-state index is 6.19. The Bertz CT molecular complexity index is 559. The molecule has 0 aliphatic carbocycles. The van der Waals surface area contributed by atoms with Crippen LogP contribution in [0, 0.1) is 5.92 Å². The number of benzene rings is 1. The first kappa shape index (κ1) is 12.7. The van der Waals surface area contributed by atoms with E-state index in [1.54, 1.807) is 0 Å². The van der Waals surface area contributed by atoms with Crippen LogP contribution in [0.25, 0.3) is 10.9 Å². The van der Waals surface area contributed by atoms with Crippen molar-refractivity contribution in [2.75, 3.05) is 18.0 Å². The highest BCUT2D eigenvalue weighted by Crippen LogP contribution is 2.27. The smallest absolute Gasteiger partial charge is 0.129 e. The molecular formula is C16H19ClN2. The van der Waals surface area contributed by atoms with Crippen LogP contribution in [-0.2, 0) is 0 Å². The summed E-state index contributed by atoms with van der Waals surface area (Å²) in [6.07, 6.45) is 2.33. The molecule has 2 nitrogen and oxygen atoms in total. The molecule has 3 heteroatoms. The molecule has 100 valence electrons. The number of halogens is 1. The summed E-state index contributed by atoms with van der Waals surface area (Å²) in [6, 6.07) is 12.6. The Morgan fingerprint density at radius 1 is 1.16 bits per heavy atom. The Morgan fingerprint density at radius 3 is 2.63 bits per heavy atom. The van der Waals surface area contributed by atoms with Crippen LogP contribution in [0.5, 0.6) is 0 Å². The maximum absolute atomic E-state index is 6.19. The Labute approximate surface area is 119 Å². The lowest BCUT2D eigenvalue weighted by atomic mass is 9.94. The summed E-state index contributed by atoms with van der Waals surface area (Å²) in [7, 11) is 0. The molecule has 1 aliphatic heterocycles. The summed E-state index contributed by atoms with van der Waals surface area (Å²) in [5.74, 6) is 1.75. The standard InChI is InChI=1S/C16H19ClN2/c1-12(17)13-8-10-19(11-9-13)16-7-6-14-4-2-3-5-15(14)18-16/h2-7,12-13H,8-11H2,1H3. The largest absolute Gasteiger partial charge is 0.357 e. The summed E-state index contributed by atoms with van der Waals surface area (Å²) in [6.45, 7) is 4.23. The Kier molecular flexibility index (Phi) is 3.61. The monoisotopic (exact) mass is 274 g/mol. The summed E-state index contributed by atoms with van der Waals surface area (Å²) in [5, 5.41) is 1.49. The molecule has 19 heavy (non-hydrogen) atoms. The second kappa shape index (κ2) is 5.38. The van der Waals surface area contributed by atoms with Crippen molar-refractivity contribution in [2.24, 2.45) is 5.92 Å². The number of nitrogens with zero attached hydrogens (tertiary/aromatic N) is 2. The summed E-state index contributed by atoms with van der Waals surface area (Å²) in [4.78, 5) is 7.14. The summed E-state index contributed by atoms with van der Waals surface area (Å²) in [5.41, 5.74) is 1.08. The maximum Gasteiger partial charge on any atom is 0.129 e. The van der Waals surface area contributed by atoms with Gasteiger partial charge < -0.3 is 4.90 Å². The minimum absolute atomic E-state index is 0.284. The number of rotatable bonds is 2. The Hall–Kier alpha value is -1.28. The van der Waals surface area contributed by atoms with E-state index in [1.807, 2.05) is 6.07 Å². The highest BCUT2D eigenvalue weighted by Gasteiger charge is 2.23. The van der Waals surface area contributed by atoms with E-state index in [0.717, 1.165) is 24.4 Å². The van der Waals surface area contributed by atoms with E-state index in [-0.39, 0.29) is 5.38 Å². The van der Waals surface area contributed by atoms with Crippen LogP contribution >= 0.6 is 11.6 Å². The van der Waals surface area contributed by atoms with Crippen molar-refractivity contribution >= 4 is 28.3 Å². The average molecular weight is 275 g/mol. The van der Waals surface area contributed by atoms with Gasteiger partial charge in [-0.3, -0.25) is 0 Å². The second-order valence-electron chi connectivity index (χ2n) is 5.36. The predicted octanol–water partition coefficient (Wildman–Crippen LogP) is 4.08. The number of alkyl halides is 1. The van der Waals surface area contributed by atoms with E-state index in [9.17, 15) is 0 Å². The Morgan fingerprint density at radius 2 is 1.89 bits per heavy atom. The molecule has 0 N–H and O–H groups in total. The minimum Gasteiger partial charge on any atom is -0.357 e. The van der Waals surface area contributed by atoms with Crippen molar-refractivity contribution in [3.05, 3.63) is 36.4 Å². The van der Waals surface area contributed by atoms with Crippen LogP contribution in [0.3, 0.4) is 0 Å². The molecule has 2 aromatic rings. The number of anilines is 1. The van der Waals surface area contributed by atoms with E-state index in [0.29, 0.717) is 5.92 Å². The molecule has 0 saturated carbocycles. The molecule has 1 atom stereocenters. The predicted molar refractivity (Wildman–Crippen MR) is 82.0 cm³/mol. The van der Waals surface area contributed by atoms with Crippen LogP contribution in [0.15, 0.2) is 36.4 Å². The first-order valence-corrected chi connectivity index (χ1v) is 7.42. The number of aromatic nitrogens is 1. The van der Waals surface area contributed by atoms with Gasteiger partial charge in [0.05, 0.1) is 5.52 Å². The lowest BCUT2D eigenvalue weighted by Crippen LogP contribution is -2.36. The third kappa shape index (κ3) is 2.69. The van der Waals surface area contributed by atoms with Gasteiger partial charge in [0, 0.05) is 23.9 Å². The average Bonchev–Trinajstić information content (AvgIpc) is 2.47. The fourth-order valence-corrected chi connectivity index (χ4v) is 3.07. The SMILES string of the molecule is CC(Cl)C1CCN(c2ccc3ccccc3n2)CC1. The van der Waals surface area contributed by atoms with Crippen LogP contribution in [0.4, 0.5) is 5.82 Å². The van der Waals surface area contributed by atoms with Gasteiger partial charge in [-0.1, -0.05) is 18.2 Å². The molecule has 1 fully saturated rings. The second-order valence-corrected chi connectivity index (χ2v) is 6.05. The molecule has 1 aromatic carbocycles. The molecule has 2 heterocycles. The van der Waals surface area contributed by atoms with Crippen molar-refractivity contribution < 1.29 is 0 Å². The fourth-order valence-electron chi connectivity index (χ4n) is 2.82. The van der Waals surface area contributed by atoms with Gasteiger partial charge in [0.2, 0.25) is 0 Å². The number of hydrogen-bond acceptors (Lipinski definition) is 2. The molecule has 1 aromatic heterocycles. The van der Waals surface area contributed by atoms with E-state index >= 15 is 0 Å². The molecule has 0 radical (unpaired) electrons. The fraction of sp³-hybridized carbons (Fsp3) is 0.438. The zero-order valence-electron chi connectivity index (χ0n) is 11.2. The van der Waals surface area contributed by atoms with E-state index in [4.69, 9.17) is 16.6 Å². The van der Waals surface area contributed by atoms with Crippen molar-refractivity contribution in [3.8, 4) is 0 Å². The van der Waals surface area contributed by atoms with Gasteiger partial charge in [0.1, 0.15) is 5.82 Å². The van der Waals surface area contributed by atoms with Gasteiger partial charge in [0.15, 0.2) is 0 Å². The van der Waals surface area contributed by atoms with Gasteiger partial charge in [-0.2, -0.15) is 0 Å². The van der Waals surface area contributed by atoms with Crippen molar-refractivity contribution in [2.45, 2.75) is 25.1 Å². The Balaban J connectivity index is 1.78. The highest BCUT2D eigenvalue weighted by molar-refractivity contribution is 6.20. The molecule has 1 saturated heterocycles. The van der Waals surface area contributed by atoms with Crippen molar-refractivity contribution in [3.63, 3.8) is 0 Å². The van der Waals surface area contributed by atoms with Crippen LogP contribution in [0.1, 0.15) is 19.8 Å². The van der Waals surface area contributed by atoms with Crippen LogP contribution in [0.2, 0.25) is 0 Å². The molecule has 0 amide bonds. The highest BCUT2D eigenvalue weighted by atomic mass is 35.5. The van der Waals surface area contributed by atoms with Gasteiger partial charge in [-0.15, -0.1) is 11.6 Å². The zero-order chi connectivity index (χ0) is 13.2. The number of piperidine rings is 1. The number of hydrogen-bond donors (Lipinski definition) is 0. The normalized spacial score (nSPS) is 18.7. The molecule has 1 unspecified atom stereocenters. The van der Waals surface area contributed by atoms with E-state index in [2.05, 4.69) is 42.2 Å². The molecular weight excluding hydrogens is 256 g/mol. The van der Waals surface area contributed by atoms with Crippen LogP contribution in [-0.4, -0.2) is 23.5 Å². The molecule has 0 bridgehead atoms. The minimum atomic E-state index is 0.284. The van der Waals surface area contributed by atoms with Crippen molar-refractivity contribution in [1.29, 1.82) is 0 Å².